The Morgan fingerprint density at radius 3 is 2.10 bits per heavy atom. The molecule has 0 radical (unpaired) electrons. The Morgan fingerprint density at radius 1 is 0.902 bits per heavy atom. The Kier molecular flexibility index (Phi) is 7.74. The lowest BCUT2D eigenvalue weighted by atomic mass is 9.86. The van der Waals surface area contributed by atoms with Gasteiger partial charge >= 0.3 is 6.36 Å². The number of rotatable bonds is 7. The topological polar surface area (TPSA) is 74.2 Å². The van der Waals surface area contributed by atoms with Crippen LogP contribution in [0.2, 0.25) is 0 Å². The fraction of sp³-hybridized carbons (Fsp3) is 0.419. The molecule has 2 fully saturated rings. The molecule has 0 spiro atoms. The summed E-state index contributed by atoms with van der Waals surface area (Å²) in [4.78, 5) is 2.52. The maximum atomic E-state index is 14.4. The summed E-state index contributed by atoms with van der Waals surface area (Å²) in [5, 5.41) is 11.9. The van der Waals surface area contributed by atoms with Gasteiger partial charge in [0.15, 0.2) is 0 Å². The van der Waals surface area contributed by atoms with Crippen LogP contribution in [0.15, 0.2) is 82.1 Å². The average molecular weight is 586 g/mol. The molecule has 4 atom stereocenters. The Hall–Kier alpha value is -3.08. The number of benzene rings is 3. The molecule has 1 aliphatic heterocycles. The molecule has 2 N–H and O–H groups in total. The van der Waals surface area contributed by atoms with E-state index in [-0.39, 0.29) is 16.7 Å². The Balaban J connectivity index is 1.31. The quantitative estimate of drug-likeness (QED) is 0.330. The summed E-state index contributed by atoms with van der Waals surface area (Å²) in [6.07, 6.45) is 0.296. The Labute approximate surface area is 238 Å². The van der Waals surface area contributed by atoms with E-state index in [0.717, 1.165) is 62.0 Å². The molecule has 218 valence electrons. The summed E-state index contributed by atoms with van der Waals surface area (Å²) in [5.74, 6) is -0.0268. The summed E-state index contributed by atoms with van der Waals surface area (Å²) in [7, 11) is -3.24. The number of aliphatic hydroxyl groups is 1. The van der Waals surface area contributed by atoms with Crippen molar-refractivity contribution in [3.8, 4) is 5.75 Å². The first-order valence-corrected chi connectivity index (χ1v) is 15.7. The van der Waals surface area contributed by atoms with Crippen molar-refractivity contribution in [3.63, 3.8) is 0 Å². The van der Waals surface area contributed by atoms with Crippen molar-refractivity contribution in [1.82, 2.24) is 4.72 Å². The molecule has 0 aromatic heterocycles. The highest BCUT2D eigenvalue weighted by atomic mass is 32.2. The van der Waals surface area contributed by atoms with Gasteiger partial charge in [0.1, 0.15) is 15.7 Å². The van der Waals surface area contributed by atoms with E-state index in [9.17, 15) is 22.5 Å². The van der Waals surface area contributed by atoms with Gasteiger partial charge in [-0.15, -0.1) is 13.2 Å². The number of aryl methyl sites for hydroxylation is 2. The first-order chi connectivity index (χ1) is 19.7. The third-order valence-corrected chi connectivity index (χ3v) is 10.3. The van der Waals surface area contributed by atoms with Gasteiger partial charge in [-0.25, -0.2) is 13.3 Å². The van der Waals surface area contributed by atoms with Crippen molar-refractivity contribution in [3.05, 3.63) is 83.9 Å². The van der Waals surface area contributed by atoms with E-state index >= 15 is 0 Å². The number of ether oxygens (including phenoxy) is 1. The van der Waals surface area contributed by atoms with Gasteiger partial charge in [-0.2, -0.15) is 0 Å². The predicted octanol–water partition coefficient (Wildman–Crippen LogP) is 6.55. The van der Waals surface area contributed by atoms with Crippen LogP contribution in [0.25, 0.3) is 0 Å². The first kappa shape index (κ1) is 28.1. The molecule has 2 aliphatic carbocycles. The second kappa shape index (κ2) is 11.3. The zero-order chi connectivity index (χ0) is 28.6. The normalized spacial score (nSPS) is 24.0. The highest BCUT2D eigenvalue weighted by Crippen LogP contribution is 2.41. The van der Waals surface area contributed by atoms with Crippen LogP contribution in [0, 0.1) is 5.92 Å². The van der Waals surface area contributed by atoms with Gasteiger partial charge in [0.25, 0.3) is 0 Å². The highest BCUT2D eigenvalue weighted by Gasteiger charge is 2.40. The van der Waals surface area contributed by atoms with Crippen molar-refractivity contribution in [2.24, 2.45) is 10.3 Å². The molecular formula is C31H34F3N3O3S. The van der Waals surface area contributed by atoms with E-state index < -0.39 is 28.4 Å². The van der Waals surface area contributed by atoms with Crippen molar-refractivity contribution in [2.45, 2.75) is 74.4 Å². The van der Waals surface area contributed by atoms with E-state index in [1.54, 1.807) is 0 Å². The third-order valence-electron chi connectivity index (χ3n) is 8.22. The monoisotopic (exact) mass is 585 g/mol. The second-order valence-corrected chi connectivity index (χ2v) is 13.2. The minimum absolute atomic E-state index is 0.267. The third kappa shape index (κ3) is 6.24. The smallest absolute Gasteiger partial charge is 0.406 e. The number of halogens is 3. The van der Waals surface area contributed by atoms with Crippen LogP contribution in [0.1, 0.15) is 43.2 Å². The number of anilines is 2. The molecular weight excluding hydrogens is 551 g/mol. The summed E-state index contributed by atoms with van der Waals surface area (Å²) in [6, 6.07) is 20.8. The molecule has 3 aromatic rings. The second-order valence-electron chi connectivity index (χ2n) is 11.1. The number of para-hydroxylation sites is 2. The fourth-order valence-corrected chi connectivity index (χ4v) is 7.91. The average Bonchev–Trinajstić information content (AvgIpc) is 3.79. The largest absolute Gasteiger partial charge is 0.573 e. The lowest BCUT2D eigenvalue weighted by Crippen LogP contribution is -2.55. The minimum Gasteiger partial charge on any atom is -0.406 e. The Bertz CT molecular complexity index is 1450. The van der Waals surface area contributed by atoms with Crippen molar-refractivity contribution in [2.75, 3.05) is 11.4 Å². The molecule has 10 heteroatoms. The highest BCUT2D eigenvalue weighted by molar-refractivity contribution is 7.91. The number of hydrogen-bond donors (Lipinski definition) is 2. The molecule has 1 heterocycles. The standard InChI is InChI=1S/C31H34F3N3O3S/c32-31(33,34)40-24-16-18-25(19-17-24)41(39,35-20-21-12-13-21)36-26-8-5-11-29(30(26)38)37-27-9-3-1-6-22(27)14-15-23-7-2-4-10-28(23)37/h1-4,6-7,9-10,16-19,21,26,29-30,38H,5,8,11-15,20H2,(H,35,36,39)/t26-,29-,30-,41?/m1/s1. The van der Waals surface area contributed by atoms with E-state index in [1.165, 1.54) is 23.3 Å². The van der Waals surface area contributed by atoms with Gasteiger partial charge in [0.2, 0.25) is 0 Å². The first-order valence-electron chi connectivity index (χ1n) is 14.2. The van der Waals surface area contributed by atoms with Gasteiger partial charge in [-0.05, 0) is 98.4 Å². The molecule has 0 amide bonds. The van der Waals surface area contributed by atoms with Gasteiger partial charge < -0.3 is 14.7 Å². The van der Waals surface area contributed by atoms with Gasteiger partial charge in [0.05, 0.1) is 23.6 Å². The zero-order valence-electron chi connectivity index (χ0n) is 22.6. The number of nitrogens with one attached hydrogen (secondary N) is 1. The lowest BCUT2D eigenvalue weighted by Gasteiger charge is -2.43. The molecule has 6 nitrogen and oxygen atoms in total. The molecule has 0 bridgehead atoms. The number of fused-ring (bicyclic) bond motifs is 2. The predicted molar refractivity (Wildman–Crippen MR) is 153 cm³/mol. The van der Waals surface area contributed by atoms with Gasteiger partial charge in [-0.1, -0.05) is 36.4 Å². The molecule has 41 heavy (non-hydrogen) atoms. The lowest BCUT2D eigenvalue weighted by molar-refractivity contribution is -0.274. The SMILES string of the molecule is O=S(=NCC1CC1)(N[C@@H]1CCC[C@@H](N2c3ccccc3CCc3ccccc32)[C@@H]1O)c1ccc(OC(F)(F)F)cc1. The molecule has 3 aliphatic rings. The van der Waals surface area contributed by atoms with E-state index in [0.29, 0.717) is 18.9 Å². The van der Waals surface area contributed by atoms with E-state index in [1.807, 2.05) is 24.3 Å². The summed E-state index contributed by atoms with van der Waals surface area (Å²) in [6.45, 7) is 0.395. The van der Waals surface area contributed by atoms with Gasteiger partial charge in [-0.3, -0.25) is 0 Å². The minimum atomic E-state index is -4.82. The van der Waals surface area contributed by atoms with E-state index in [2.05, 4.69) is 43.0 Å². The molecule has 1 unspecified atom stereocenters. The summed E-state index contributed by atoms with van der Waals surface area (Å²) >= 11 is 0. The maximum Gasteiger partial charge on any atom is 0.573 e. The van der Waals surface area contributed by atoms with Crippen molar-refractivity contribution < 1.29 is 27.2 Å². The van der Waals surface area contributed by atoms with Crippen LogP contribution in [-0.4, -0.2) is 40.4 Å². The van der Waals surface area contributed by atoms with Crippen molar-refractivity contribution in [1.29, 1.82) is 0 Å². The number of alkyl halides is 3. The zero-order valence-corrected chi connectivity index (χ0v) is 23.4. The van der Waals surface area contributed by atoms with Crippen LogP contribution in [0.5, 0.6) is 5.75 Å². The van der Waals surface area contributed by atoms with Crippen molar-refractivity contribution >= 4 is 21.3 Å². The summed E-state index contributed by atoms with van der Waals surface area (Å²) < 4.78 is 64.3. The van der Waals surface area contributed by atoms with E-state index in [4.69, 9.17) is 0 Å². The fourth-order valence-electron chi connectivity index (χ4n) is 5.96. The van der Waals surface area contributed by atoms with Crippen LogP contribution in [0.3, 0.4) is 0 Å². The number of hydrogen-bond acceptors (Lipinski definition) is 5. The Morgan fingerprint density at radius 2 is 1.51 bits per heavy atom. The molecule has 3 aromatic carbocycles. The maximum absolute atomic E-state index is 14.4. The number of nitrogens with zero attached hydrogens (tertiary/aromatic N) is 2. The van der Waals surface area contributed by atoms with Crippen LogP contribution in [0.4, 0.5) is 24.5 Å². The number of aliphatic hydroxyl groups excluding tert-OH is 1. The van der Waals surface area contributed by atoms with Crippen LogP contribution in [-0.2, 0) is 22.8 Å². The molecule has 0 saturated heterocycles. The van der Waals surface area contributed by atoms with Gasteiger partial charge in [0, 0.05) is 17.4 Å². The summed E-state index contributed by atoms with van der Waals surface area (Å²) in [5.41, 5.74) is 4.58. The molecule has 2 saturated carbocycles. The van der Waals surface area contributed by atoms with Crippen LogP contribution >= 0.6 is 0 Å². The molecule has 6 rings (SSSR count). The van der Waals surface area contributed by atoms with Crippen LogP contribution < -0.4 is 14.4 Å².